The van der Waals surface area contributed by atoms with Crippen LogP contribution in [-0.4, -0.2) is 59.2 Å². The third-order valence-corrected chi connectivity index (χ3v) is 3.89. The van der Waals surface area contributed by atoms with Crippen LogP contribution in [0.25, 0.3) is 0 Å². The highest BCUT2D eigenvalue weighted by Gasteiger charge is 2.24. The van der Waals surface area contributed by atoms with Crippen molar-refractivity contribution in [3.05, 3.63) is 5.28 Å². The molecule has 1 aromatic heterocycles. The van der Waals surface area contributed by atoms with Gasteiger partial charge in [0.2, 0.25) is 11.2 Å². The van der Waals surface area contributed by atoms with Crippen molar-refractivity contribution >= 4 is 17.5 Å². The number of hydrogen-bond donors (Lipinski definition) is 0. The zero-order chi connectivity index (χ0) is 14.5. The Morgan fingerprint density at radius 1 is 1.25 bits per heavy atom. The fourth-order valence-corrected chi connectivity index (χ4v) is 2.61. The van der Waals surface area contributed by atoms with Crippen molar-refractivity contribution in [3.8, 4) is 6.01 Å². The van der Waals surface area contributed by atoms with Crippen LogP contribution in [0.5, 0.6) is 6.01 Å². The summed E-state index contributed by atoms with van der Waals surface area (Å²) in [5, 5.41) is 0.177. The lowest BCUT2D eigenvalue weighted by Crippen LogP contribution is -2.43. The van der Waals surface area contributed by atoms with Gasteiger partial charge in [-0.1, -0.05) is 6.92 Å². The highest BCUT2D eigenvalue weighted by molar-refractivity contribution is 6.28. The van der Waals surface area contributed by atoms with E-state index < -0.39 is 0 Å². The molecule has 2 heterocycles. The lowest BCUT2D eigenvalue weighted by Gasteiger charge is -2.36. The SMILES string of the molecule is CCOc1nc(Cl)nc(N(C)C2CCN(CC)CC2)n1. The lowest BCUT2D eigenvalue weighted by molar-refractivity contribution is 0.220. The van der Waals surface area contributed by atoms with Crippen molar-refractivity contribution in [1.82, 2.24) is 19.9 Å². The summed E-state index contributed by atoms with van der Waals surface area (Å²) in [5.41, 5.74) is 0. The van der Waals surface area contributed by atoms with Crippen molar-refractivity contribution in [3.63, 3.8) is 0 Å². The molecule has 1 saturated heterocycles. The van der Waals surface area contributed by atoms with E-state index in [2.05, 4.69) is 31.7 Å². The average molecular weight is 300 g/mol. The van der Waals surface area contributed by atoms with E-state index in [-0.39, 0.29) is 5.28 Å². The Bertz CT molecular complexity index is 437. The fraction of sp³-hybridized carbons (Fsp3) is 0.769. The average Bonchev–Trinajstić information content (AvgIpc) is 2.46. The van der Waals surface area contributed by atoms with E-state index >= 15 is 0 Å². The minimum Gasteiger partial charge on any atom is -0.464 e. The van der Waals surface area contributed by atoms with Crippen LogP contribution >= 0.6 is 11.6 Å². The van der Waals surface area contributed by atoms with Crippen molar-refractivity contribution in [2.45, 2.75) is 32.7 Å². The second-order valence-electron chi connectivity index (χ2n) is 4.90. The molecule has 0 unspecified atom stereocenters. The number of aromatic nitrogens is 3. The first-order chi connectivity index (χ1) is 9.63. The van der Waals surface area contributed by atoms with Gasteiger partial charge in [-0.25, -0.2) is 0 Å². The predicted molar refractivity (Wildman–Crippen MR) is 79.5 cm³/mol. The number of anilines is 1. The van der Waals surface area contributed by atoms with Crippen LogP contribution in [0.3, 0.4) is 0 Å². The van der Waals surface area contributed by atoms with Crippen molar-refractivity contribution < 1.29 is 4.74 Å². The normalized spacial score (nSPS) is 17.2. The first kappa shape index (κ1) is 15.3. The van der Waals surface area contributed by atoms with Crippen molar-refractivity contribution in [2.24, 2.45) is 0 Å². The summed E-state index contributed by atoms with van der Waals surface area (Å²) >= 11 is 5.94. The molecule has 0 radical (unpaired) electrons. The van der Waals surface area contributed by atoms with Crippen molar-refractivity contribution in [1.29, 1.82) is 0 Å². The first-order valence-corrected chi connectivity index (χ1v) is 7.51. The summed E-state index contributed by atoms with van der Waals surface area (Å²) < 4.78 is 5.32. The smallest absolute Gasteiger partial charge is 0.322 e. The second-order valence-corrected chi connectivity index (χ2v) is 5.23. The number of hydrogen-bond acceptors (Lipinski definition) is 6. The molecule has 1 aliphatic rings. The molecule has 1 fully saturated rings. The molecule has 112 valence electrons. The molecule has 0 aliphatic carbocycles. The number of likely N-dealkylation sites (tertiary alicyclic amines) is 1. The summed E-state index contributed by atoms with van der Waals surface area (Å²) in [5.74, 6) is 0.586. The summed E-state index contributed by atoms with van der Waals surface area (Å²) in [7, 11) is 2.01. The van der Waals surface area contributed by atoms with Gasteiger partial charge in [-0.15, -0.1) is 0 Å². The fourth-order valence-electron chi connectivity index (χ4n) is 2.46. The van der Waals surface area contributed by atoms with Gasteiger partial charge in [0.15, 0.2) is 0 Å². The van der Waals surface area contributed by atoms with Gasteiger partial charge >= 0.3 is 6.01 Å². The minimum absolute atomic E-state index is 0.177. The Morgan fingerprint density at radius 3 is 2.55 bits per heavy atom. The van der Waals surface area contributed by atoms with Crippen LogP contribution in [0, 0.1) is 0 Å². The van der Waals surface area contributed by atoms with Gasteiger partial charge in [-0.05, 0) is 37.9 Å². The Morgan fingerprint density at radius 2 is 1.95 bits per heavy atom. The maximum Gasteiger partial charge on any atom is 0.322 e. The molecule has 0 atom stereocenters. The summed E-state index contributed by atoms with van der Waals surface area (Å²) in [6, 6.07) is 0.728. The molecule has 20 heavy (non-hydrogen) atoms. The number of halogens is 1. The zero-order valence-corrected chi connectivity index (χ0v) is 13.1. The maximum absolute atomic E-state index is 5.94. The quantitative estimate of drug-likeness (QED) is 0.827. The molecular weight excluding hydrogens is 278 g/mol. The largest absolute Gasteiger partial charge is 0.464 e. The van der Waals surface area contributed by atoms with Gasteiger partial charge in [-0.2, -0.15) is 15.0 Å². The van der Waals surface area contributed by atoms with Gasteiger partial charge < -0.3 is 14.5 Å². The monoisotopic (exact) mass is 299 g/mol. The molecule has 0 saturated carbocycles. The van der Waals surface area contributed by atoms with Crippen LogP contribution in [-0.2, 0) is 0 Å². The summed E-state index contributed by atoms with van der Waals surface area (Å²) in [6.07, 6.45) is 2.22. The number of nitrogens with zero attached hydrogens (tertiary/aromatic N) is 5. The Hall–Kier alpha value is -1.14. The molecule has 1 aromatic rings. The summed E-state index contributed by atoms with van der Waals surface area (Å²) in [4.78, 5) is 17.0. The number of rotatable bonds is 5. The van der Waals surface area contributed by atoms with Crippen LogP contribution in [0.15, 0.2) is 0 Å². The standard InChI is InChI=1S/C13H22ClN5O/c1-4-19-8-6-10(7-9-19)18(3)12-15-11(14)16-13(17-12)20-5-2/h10H,4-9H2,1-3H3. The molecule has 0 bridgehead atoms. The van der Waals surface area contributed by atoms with E-state index in [1.807, 2.05) is 14.0 Å². The molecule has 6 nitrogen and oxygen atoms in total. The molecule has 0 spiro atoms. The molecule has 0 aromatic carbocycles. The Kier molecular flexibility index (Phi) is 5.37. The minimum atomic E-state index is 0.177. The Labute approximate surface area is 125 Å². The van der Waals surface area contributed by atoms with E-state index in [9.17, 15) is 0 Å². The zero-order valence-electron chi connectivity index (χ0n) is 12.3. The Balaban J connectivity index is 2.07. The molecule has 7 heteroatoms. The van der Waals surface area contributed by atoms with E-state index in [0.717, 1.165) is 32.5 Å². The van der Waals surface area contributed by atoms with Gasteiger partial charge in [0.1, 0.15) is 0 Å². The van der Waals surface area contributed by atoms with Crippen LogP contribution in [0.1, 0.15) is 26.7 Å². The third kappa shape index (κ3) is 3.70. The maximum atomic E-state index is 5.94. The number of ether oxygens (including phenoxy) is 1. The van der Waals surface area contributed by atoms with E-state index in [4.69, 9.17) is 16.3 Å². The van der Waals surface area contributed by atoms with E-state index in [1.165, 1.54) is 0 Å². The van der Waals surface area contributed by atoms with E-state index in [1.54, 1.807) is 0 Å². The van der Waals surface area contributed by atoms with Crippen LogP contribution in [0.4, 0.5) is 5.95 Å². The third-order valence-electron chi connectivity index (χ3n) is 3.72. The predicted octanol–water partition coefficient (Wildman–Crippen LogP) is 1.84. The number of piperidine rings is 1. The van der Waals surface area contributed by atoms with Gasteiger partial charge in [-0.3, -0.25) is 0 Å². The molecule has 0 amide bonds. The van der Waals surface area contributed by atoms with Gasteiger partial charge in [0, 0.05) is 26.2 Å². The topological polar surface area (TPSA) is 54.4 Å². The van der Waals surface area contributed by atoms with Crippen molar-refractivity contribution in [2.75, 3.05) is 38.2 Å². The van der Waals surface area contributed by atoms with Gasteiger partial charge in [0.05, 0.1) is 6.61 Å². The van der Waals surface area contributed by atoms with Crippen LogP contribution < -0.4 is 9.64 Å². The van der Waals surface area contributed by atoms with E-state index in [0.29, 0.717) is 24.6 Å². The highest BCUT2D eigenvalue weighted by atomic mass is 35.5. The molecule has 1 aliphatic heterocycles. The van der Waals surface area contributed by atoms with Gasteiger partial charge in [0.25, 0.3) is 0 Å². The molecular formula is C13H22ClN5O. The lowest BCUT2D eigenvalue weighted by atomic mass is 10.0. The molecule has 0 N–H and O–H groups in total. The highest BCUT2D eigenvalue weighted by Crippen LogP contribution is 2.21. The summed E-state index contributed by atoms with van der Waals surface area (Å²) in [6.45, 7) is 7.94. The first-order valence-electron chi connectivity index (χ1n) is 7.13. The van der Waals surface area contributed by atoms with Crippen LogP contribution in [0.2, 0.25) is 5.28 Å². The molecule has 2 rings (SSSR count). The second kappa shape index (κ2) is 7.04.